The molecule has 1 N–H and O–H groups in total. The topological polar surface area (TPSA) is 51.2 Å². The van der Waals surface area contributed by atoms with E-state index in [-0.39, 0.29) is 18.5 Å². The Bertz CT molecular complexity index is 319. The van der Waals surface area contributed by atoms with Crippen molar-refractivity contribution in [3.8, 4) is 0 Å². The summed E-state index contributed by atoms with van der Waals surface area (Å²) in [6, 6.07) is 0. The Morgan fingerprint density at radius 1 is 1.00 bits per heavy atom. The molecule has 5 fully saturated rings. The first kappa shape index (κ1) is 8.01. The number of aliphatic hydroxyl groups excluding tert-OH is 1. The second-order valence-electron chi connectivity index (χ2n) is 5.65. The number of ether oxygens (including phenoxy) is 3. The molecule has 0 amide bonds. The number of fused-ring (bicyclic) bond motifs is 11. The SMILES string of the molecule is O[C@@H]1[C@H]2[C@@H]3C[C@@H]([C@H]4O[C@@H]34)[C@H]2[C@@H]2OC[C@H]1O2. The molecule has 2 saturated carbocycles. The Morgan fingerprint density at radius 2 is 1.80 bits per heavy atom. The van der Waals surface area contributed by atoms with E-state index < -0.39 is 0 Å². The molecule has 5 rings (SSSR count). The third-order valence-electron chi connectivity index (χ3n) is 5.21. The van der Waals surface area contributed by atoms with Gasteiger partial charge < -0.3 is 19.3 Å². The summed E-state index contributed by atoms with van der Waals surface area (Å²) in [5.41, 5.74) is 0. The Hall–Kier alpha value is -0.160. The van der Waals surface area contributed by atoms with Crippen molar-refractivity contribution in [1.82, 2.24) is 0 Å². The van der Waals surface area contributed by atoms with Gasteiger partial charge in [-0.3, -0.25) is 0 Å². The fraction of sp³-hybridized carbons (Fsp3) is 1.00. The van der Waals surface area contributed by atoms with Crippen LogP contribution in [0.25, 0.3) is 0 Å². The summed E-state index contributed by atoms with van der Waals surface area (Å²) in [6.07, 6.45) is 1.69. The summed E-state index contributed by atoms with van der Waals surface area (Å²) in [5.74, 6) is 1.94. The largest absolute Gasteiger partial charge is 0.390 e. The van der Waals surface area contributed by atoms with Gasteiger partial charge in [0.1, 0.15) is 6.10 Å². The Kier molecular flexibility index (Phi) is 1.20. The Balaban J connectivity index is 1.61. The van der Waals surface area contributed by atoms with Crippen LogP contribution in [-0.4, -0.2) is 42.4 Å². The molecule has 2 aliphatic carbocycles. The molecule has 3 saturated heterocycles. The van der Waals surface area contributed by atoms with Gasteiger partial charge in [-0.2, -0.15) is 0 Å². The lowest BCUT2D eigenvalue weighted by Gasteiger charge is -2.39. The van der Waals surface area contributed by atoms with Crippen molar-refractivity contribution in [2.24, 2.45) is 23.7 Å². The molecule has 4 bridgehead atoms. The second-order valence-corrected chi connectivity index (χ2v) is 5.65. The van der Waals surface area contributed by atoms with Crippen molar-refractivity contribution in [3.63, 3.8) is 0 Å². The molecule has 3 heterocycles. The van der Waals surface area contributed by atoms with Crippen LogP contribution in [0.5, 0.6) is 0 Å². The third-order valence-corrected chi connectivity index (χ3v) is 5.21. The van der Waals surface area contributed by atoms with E-state index in [2.05, 4.69) is 0 Å². The zero-order valence-electron chi connectivity index (χ0n) is 8.28. The van der Waals surface area contributed by atoms with Gasteiger partial charge in [-0.05, 0) is 18.3 Å². The summed E-state index contributed by atoms with van der Waals surface area (Å²) >= 11 is 0. The molecule has 82 valence electrons. The normalized spacial score (nSPS) is 73.0. The number of aliphatic hydroxyl groups is 1. The van der Waals surface area contributed by atoms with Gasteiger partial charge >= 0.3 is 0 Å². The molecule has 9 atom stereocenters. The second kappa shape index (κ2) is 2.25. The molecule has 5 aliphatic rings. The fourth-order valence-electron chi connectivity index (χ4n) is 4.66. The van der Waals surface area contributed by atoms with Crippen molar-refractivity contribution in [2.75, 3.05) is 6.61 Å². The van der Waals surface area contributed by atoms with Crippen molar-refractivity contribution in [1.29, 1.82) is 0 Å². The highest BCUT2D eigenvalue weighted by molar-refractivity contribution is 5.18. The van der Waals surface area contributed by atoms with Crippen molar-refractivity contribution >= 4 is 0 Å². The van der Waals surface area contributed by atoms with Gasteiger partial charge in [0.15, 0.2) is 6.29 Å². The van der Waals surface area contributed by atoms with Crippen LogP contribution in [0.2, 0.25) is 0 Å². The van der Waals surface area contributed by atoms with E-state index in [1.807, 2.05) is 0 Å². The standard InChI is InChI=1S/C11H14O4/c12-8-5-2-13-11(14-5)7-4-1-3(6(7)8)9-10(4)15-9/h3-12H,1-2H2/t3-,4+,5+,6-,7+,8-,9-,10+,11+/m0/s1. The summed E-state index contributed by atoms with van der Waals surface area (Å²) < 4.78 is 17.0. The molecule has 15 heavy (non-hydrogen) atoms. The summed E-state index contributed by atoms with van der Waals surface area (Å²) in [4.78, 5) is 0. The van der Waals surface area contributed by atoms with Gasteiger partial charge in [-0.25, -0.2) is 0 Å². The highest BCUT2D eigenvalue weighted by atomic mass is 16.7. The predicted octanol–water partition coefficient (Wildman–Crippen LogP) is -0.248. The molecule has 3 aliphatic heterocycles. The lowest BCUT2D eigenvalue weighted by Crippen LogP contribution is -2.50. The van der Waals surface area contributed by atoms with E-state index in [0.717, 1.165) is 0 Å². The zero-order valence-corrected chi connectivity index (χ0v) is 8.28. The average Bonchev–Trinajstić information content (AvgIpc) is 2.70. The quantitative estimate of drug-likeness (QED) is 0.560. The van der Waals surface area contributed by atoms with Crippen LogP contribution in [-0.2, 0) is 14.2 Å². The molecule has 0 aromatic carbocycles. The van der Waals surface area contributed by atoms with Crippen molar-refractivity contribution < 1.29 is 19.3 Å². The lowest BCUT2D eigenvalue weighted by atomic mass is 9.73. The smallest absolute Gasteiger partial charge is 0.161 e. The molecule has 0 radical (unpaired) electrons. The third kappa shape index (κ3) is 0.751. The van der Waals surface area contributed by atoms with E-state index in [9.17, 15) is 5.11 Å². The Morgan fingerprint density at radius 3 is 2.67 bits per heavy atom. The van der Waals surface area contributed by atoms with Crippen LogP contribution >= 0.6 is 0 Å². The number of rotatable bonds is 0. The maximum atomic E-state index is 10.3. The van der Waals surface area contributed by atoms with E-state index in [4.69, 9.17) is 14.2 Å². The summed E-state index contributed by atoms with van der Waals surface area (Å²) in [6.45, 7) is 0.578. The van der Waals surface area contributed by atoms with Crippen LogP contribution in [0, 0.1) is 23.7 Å². The maximum absolute atomic E-state index is 10.3. The van der Waals surface area contributed by atoms with Gasteiger partial charge in [0.25, 0.3) is 0 Å². The molecule has 0 aromatic rings. The fourth-order valence-corrected chi connectivity index (χ4v) is 4.66. The van der Waals surface area contributed by atoms with Crippen LogP contribution < -0.4 is 0 Å². The van der Waals surface area contributed by atoms with Gasteiger partial charge in [0.2, 0.25) is 0 Å². The van der Waals surface area contributed by atoms with Crippen LogP contribution in [0.4, 0.5) is 0 Å². The summed E-state index contributed by atoms with van der Waals surface area (Å²) in [5, 5.41) is 10.3. The van der Waals surface area contributed by atoms with E-state index in [0.29, 0.717) is 42.5 Å². The van der Waals surface area contributed by atoms with Crippen molar-refractivity contribution in [3.05, 3.63) is 0 Å². The molecule has 4 heteroatoms. The van der Waals surface area contributed by atoms with Crippen molar-refractivity contribution in [2.45, 2.75) is 37.1 Å². The van der Waals surface area contributed by atoms with Gasteiger partial charge in [-0.1, -0.05) is 0 Å². The monoisotopic (exact) mass is 210 g/mol. The minimum atomic E-state index is -0.325. The van der Waals surface area contributed by atoms with E-state index in [1.54, 1.807) is 0 Å². The van der Waals surface area contributed by atoms with Gasteiger partial charge in [0, 0.05) is 11.8 Å². The van der Waals surface area contributed by atoms with Gasteiger partial charge in [-0.15, -0.1) is 0 Å². The molecular weight excluding hydrogens is 196 g/mol. The highest BCUT2D eigenvalue weighted by Gasteiger charge is 2.72. The first-order valence-corrected chi connectivity index (χ1v) is 5.95. The zero-order chi connectivity index (χ0) is 9.73. The van der Waals surface area contributed by atoms with Crippen LogP contribution in [0.1, 0.15) is 6.42 Å². The average molecular weight is 210 g/mol. The molecular formula is C11H14O4. The minimum absolute atomic E-state index is 0.0523. The van der Waals surface area contributed by atoms with Gasteiger partial charge in [0.05, 0.1) is 24.9 Å². The van der Waals surface area contributed by atoms with E-state index >= 15 is 0 Å². The molecule has 0 aromatic heterocycles. The first-order valence-electron chi connectivity index (χ1n) is 5.95. The minimum Gasteiger partial charge on any atom is -0.390 e. The summed E-state index contributed by atoms with van der Waals surface area (Å²) in [7, 11) is 0. The van der Waals surface area contributed by atoms with Crippen LogP contribution in [0.3, 0.4) is 0 Å². The number of epoxide rings is 1. The number of hydrogen-bond donors (Lipinski definition) is 1. The molecule has 0 spiro atoms. The first-order chi connectivity index (χ1) is 7.34. The van der Waals surface area contributed by atoms with E-state index in [1.165, 1.54) is 6.42 Å². The molecule has 0 unspecified atom stereocenters. The van der Waals surface area contributed by atoms with Crippen LogP contribution in [0.15, 0.2) is 0 Å². The lowest BCUT2D eigenvalue weighted by molar-refractivity contribution is -0.191. The highest BCUT2D eigenvalue weighted by Crippen LogP contribution is 2.65. The predicted molar refractivity (Wildman–Crippen MR) is 47.9 cm³/mol. The Labute approximate surface area is 87.5 Å². The number of hydrogen-bond acceptors (Lipinski definition) is 4. The molecule has 4 nitrogen and oxygen atoms in total. The maximum Gasteiger partial charge on any atom is 0.161 e.